The second-order valence-corrected chi connectivity index (χ2v) is 18.8. The maximum atomic E-state index is 14.0. The zero-order valence-electron chi connectivity index (χ0n) is 37.6. The Hall–Kier alpha value is -6.11. The molecule has 0 radical (unpaired) electrons. The molecule has 0 aromatic heterocycles. The van der Waals surface area contributed by atoms with Crippen LogP contribution in [-0.4, -0.2) is 143 Å². The Balaban J connectivity index is 2.54. The predicted molar refractivity (Wildman–Crippen MR) is 244 cm³/mol. The molecule has 1 fully saturated rings. The quantitative estimate of drug-likeness (QED) is 0.0651. The Kier molecular flexibility index (Phi) is 23.8. The summed E-state index contributed by atoms with van der Waals surface area (Å²) in [5.41, 5.74) is 16.5. The Morgan fingerprint density at radius 3 is 2.02 bits per heavy atom. The van der Waals surface area contributed by atoms with Gasteiger partial charge in [-0.15, -0.1) is 0 Å². The van der Waals surface area contributed by atoms with Gasteiger partial charge < -0.3 is 64.4 Å². The Bertz CT molecular complexity index is 1920. The number of nitrogens with zero attached hydrogens (tertiary/aromatic N) is 1. The molecule has 23 nitrogen and oxygen atoms in total. The molecule has 366 valence electrons. The second kappa shape index (κ2) is 28.0. The van der Waals surface area contributed by atoms with Crippen molar-refractivity contribution in [1.29, 1.82) is 0 Å². The van der Waals surface area contributed by atoms with E-state index in [0.717, 1.165) is 26.5 Å². The van der Waals surface area contributed by atoms with Gasteiger partial charge in [-0.2, -0.15) is 0 Å². The van der Waals surface area contributed by atoms with Crippen molar-refractivity contribution in [1.82, 2.24) is 42.1 Å². The molecule has 1 heterocycles. The molecule has 1 aromatic carbocycles. The van der Waals surface area contributed by atoms with Gasteiger partial charge in [0.05, 0.1) is 19.5 Å². The van der Waals surface area contributed by atoms with Gasteiger partial charge in [-0.3, -0.25) is 52.7 Å². The first-order valence-corrected chi connectivity index (χ1v) is 23.7. The molecule has 11 amide bonds. The van der Waals surface area contributed by atoms with Crippen LogP contribution in [0, 0.1) is 11.8 Å². The van der Waals surface area contributed by atoms with Crippen LogP contribution in [0.1, 0.15) is 71.8 Å². The third-order valence-electron chi connectivity index (χ3n) is 10.1. The third kappa shape index (κ3) is 20.4. The normalized spacial score (nSPS) is 21.3. The summed E-state index contributed by atoms with van der Waals surface area (Å²) in [7, 11) is 3.44. The number of benzene rings is 1. The minimum atomic E-state index is -1.74. The Morgan fingerprint density at radius 2 is 1.42 bits per heavy atom. The molecule has 7 atom stereocenters. The molecule has 25 heteroatoms. The molecule has 0 bridgehead atoms. The fourth-order valence-corrected chi connectivity index (χ4v) is 8.50. The highest BCUT2D eigenvalue weighted by Gasteiger charge is 2.36. The Labute approximate surface area is 390 Å². The number of phenolic OH excluding ortho intramolecular Hbond substituents is 1. The highest BCUT2D eigenvalue weighted by Crippen LogP contribution is 2.24. The van der Waals surface area contributed by atoms with E-state index in [1.165, 1.54) is 19.2 Å². The fourth-order valence-electron chi connectivity index (χ4n) is 6.36. The van der Waals surface area contributed by atoms with E-state index < -0.39 is 133 Å². The van der Waals surface area contributed by atoms with Gasteiger partial charge in [0, 0.05) is 37.8 Å². The first-order chi connectivity index (χ1) is 31.0. The predicted octanol–water partition coefficient (Wildman–Crippen LogP) is -3.08. The summed E-state index contributed by atoms with van der Waals surface area (Å²) in [6, 6.07) is -2.43. The van der Waals surface area contributed by atoms with Gasteiger partial charge in [-0.25, -0.2) is 0 Å². The van der Waals surface area contributed by atoms with Crippen LogP contribution in [0.5, 0.6) is 5.75 Å². The number of aromatic hydroxyl groups is 1. The zero-order chi connectivity index (χ0) is 49.7. The molecule has 0 unspecified atom stereocenters. The molecule has 1 saturated heterocycles. The van der Waals surface area contributed by atoms with Crippen molar-refractivity contribution < 1.29 is 57.8 Å². The summed E-state index contributed by atoms with van der Waals surface area (Å²) in [5, 5.41) is 27.5. The average Bonchev–Trinajstić information content (AvgIpc) is 3.23. The smallest absolute Gasteiger partial charge is 0.246 e. The van der Waals surface area contributed by atoms with Crippen LogP contribution in [0.4, 0.5) is 0 Å². The van der Waals surface area contributed by atoms with Gasteiger partial charge in [-0.05, 0) is 42.4 Å². The SMILES string of the molecule is CC[C@H](C)[C@@H]1NC(=O)[C@@H](Cc2ccc(O)cc2)NC(=O)CCSSC[C@@H](C(=O)N(C)CC(=O)N[C@@H](CC(C)C)C(=O)NCC(N)=O)NC(=O)[C@H](CC(N)=O)NC(=O)[C@@H](CCC(N)=O)NC1=O. The number of primary amides is 3. The zero-order valence-corrected chi connectivity index (χ0v) is 39.3. The summed E-state index contributed by atoms with van der Waals surface area (Å²) in [4.78, 5) is 145. The average molecular weight is 966 g/mol. The van der Waals surface area contributed by atoms with E-state index in [1.807, 2.05) is 0 Å². The lowest BCUT2D eigenvalue weighted by atomic mass is 9.96. The molecule has 1 aliphatic heterocycles. The highest BCUT2D eigenvalue weighted by molar-refractivity contribution is 8.76. The molecular formula is C41H63N11O12S2. The number of likely N-dealkylation sites (N-methyl/N-ethyl adjacent to an activating group) is 1. The maximum Gasteiger partial charge on any atom is 0.246 e. The van der Waals surface area contributed by atoms with Crippen LogP contribution in [0.2, 0.25) is 0 Å². The standard InChI is InChI=1S/C41H63N11O12S2/c1-6-22(4)35-40(63)48-25(11-12-30(42)54)37(60)49-28(17-31(43)55)38(61)50-29(41(64)52(5)19-34(58)47-26(15-21(2)3)36(59)45-18-32(44)56)20-66-65-14-13-33(57)46-27(39(62)51-35)16-23-7-9-24(53)10-8-23/h7-10,21-22,25-29,35,53H,6,11-20H2,1-5H3,(H2,42,54)(H2,43,55)(H2,44,56)(H,45,59)(H,46,57)(H,47,58)(H,48,63)(H,49,60)(H,50,61)(H,51,62)/t22-,25+,26-,27+,28-,29-,35-/m0/s1. The summed E-state index contributed by atoms with van der Waals surface area (Å²) >= 11 is 0. The summed E-state index contributed by atoms with van der Waals surface area (Å²) < 4.78 is 0. The molecule has 0 spiro atoms. The lowest BCUT2D eigenvalue weighted by Crippen LogP contribution is -2.61. The van der Waals surface area contributed by atoms with E-state index in [-0.39, 0.29) is 48.9 Å². The van der Waals surface area contributed by atoms with Crippen molar-refractivity contribution in [3.63, 3.8) is 0 Å². The molecule has 1 aromatic rings. The summed E-state index contributed by atoms with van der Waals surface area (Å²) in [5.74, 6) is -9.95. The van der Waals surface area contributed by atoms with Crippen molar-refractivity contribution in [2.24, 2.45) is 29.0 Å². The van der Waals surface area contributed by atoms with E-state index in [4.69, 9.17) is 17.2 Å². The number of nitrogens with two attached hydrogens (primary N) is 3. The van der Waals surface area contributed by atoms with Gasteiger partial charge in [0.25, 0.3) is 0 Å². The minimum absolute atomic E-state index is 0.0288. The second-order valence-electron chi connectivity index (χ2n) is 16.2. The van der Waals surface area contributed by atoms with E-state index >= 15 is 0 Å². The van der Waals surface area contributed by atoms with E-state index in [2.05, 4.69) is 37.2 Å². The first-order valence-electron chi connectivity index (χ1n) is 21.2. The van der Waals surface area contributed by atoms with Crippen LogP contribution < -0.4 is 54.4 Å². The summed E-state index contributed by atoms with van der Waals surface area (Å²) in [6.45, 7) is 5.93. The molecular weight excluding hydrogens is 903 g/mol. The Morgan fingerprint density at radius 1 is 0.803 bits per heavy atom. The van der Waals surface area contributed by atoms with Crippen LogP contribution in [0.3, 0.4) is 0 Å². The van der Waals surface area contributed by atoms with Gasteiger partial charge in [0.15, 0.2) is 0 Å². The molecule has 66 heavy (non-hydrogen) atoms. The maximum absolute atomic E-state index is 14.0. The minimum Gasteiger partial charge on any atom is -0.508 e. The number of carbonyl (C=O) groups excluding carboxylic acids is 11. The van der Waals surface area contributed by atoms with Crippen LogP contribution >= 0.6 is 21.6 Å². The molecule has 0 saturated carbocycles. The lowest BCUT2D eigenvalue weighted by molar-refractivity contribution is -0.139. The van der Waals surface area contributed by atoms with E-state index in [0.29, 0.717) is 12.0 Å². The number of hydrogen-bond donors (Lipinski definition) is 11. The molecule has 0 aliphatic carbocycles. The van der Waals surface area contributed by atoms with E-state index in [9.17, 15) is 57.8 Å². The number of amides is 11. The molecule has 2 rings (SSSR count). The molecule has 1 aliphatic rings. The van der Waals surface area contributed by atoms with Crippen molar-refractivity contribution in [2.45, 2.75) is 109 Å². The monoisotopic (exact) mass is 965 g/mol. The van der Waals surface area contributed by atoms with Crippen molar-refractivity contribution in [2.75, 3.05) is 31.6 Å². The number of phenols is 1. The highest BCUT2D eigenvalue weighted by atomic mass is 33.1. The summed E-state index contributed by atoms with van der Waals surface area (Å²) in [6.07, 6.45) is -1.24. The van der Waals surface area contributed by atoms with Gasteiger partial charge in [0.2, 0.25) is 65.0 Å². The number of nitrogens with one attached hydrogen (secondary N) is 7. The van der Waals surface area contributed by atoms with Crippen LogP contribution in [-0.2, 0) is 59.2 Å². The first kappa shape index (κ1) is 56.0. The van der Waals surface area contributed by atoms with Gasteiger partial charge in [-0.1, -0.05) is 67.8 Å². The number of hydrogen-bond acceptors (Lipinski definition) is 14. The van der Waals surface area contributed by atoms with Crippen molar-refractivity contribution in [3.8, 4) is 5.75 Å². The number of rotatable bonds is 18. The van der Waals surface area contributed by atoms with Gasteiger partial charge >= 0.3 is 0 Å². The fraction of sp³-hybridized carbons (Fsp3) is 0.585. The topological polar surface area (TPSA) is 374 Å². The lowest BCUT2D eigenvalue weighted by Gasteiger charge is -2.29. The van der Waals surface area contributed by atoms with E-state index in [1.54, 1.807) is 39.8 Å². The number of carbonyl (C=O) groups is 11. The van der Waals surface area contributed by atoms with Crippen molar-refractivity contribution >= 4 is 86.6 Å². The molecule has 14 N–H and O–H groups in total. The van der Waals surface area contributed by atoms with Crippen LogP contribution in [0.25, 0.3) is 0 Å². The third-order valence-corrected chi connectivity index (χ3v) is 12.5. The largest absolute Gasteiger partial charge is 0.508 e. The van der Waals surface area contributed by atoms with Crippen molar-refractivity contribution in [3.05, 3.63) is 29.8 Å². The van der Waals surface area contributed by atoms with Gasteiger partial charge in [0.1, 0.15) is 42.0 Å². The van der Waals surface area contributed by atoms with Crippen LogP contribution in [0.15, 0.2) is 24.3 Å².